The van der Waals surface area contributed by atoms with E-state index in [1.807, 2.05) is 0 Å². The summed E-state index contributed by atoms with van der Waals surface area (Å²) in [5, 5.41) is 4.47. The van der Waals surface area contributed by atoms with Crippen molar-refractivity contribution in [3.05, 3.63) is 48.0 Å². The minimum absolute atomic E-state index is 0.0425. The first kappa shape index (κ1) is 25.6. The molecule has 3 N–H and O–H groups in total. The maximum absolute atomic E-state index is 12.9. The third-order valence-electron chi connectivity index (χ3n) is 4.59. The molecule has 0 spiro atoms. The van der Waals surface area contributed by atoms with E-state index in [0.29, 0.717) is 6.07 Å². The average molecular weight is 511 g/mol. The van der Waals surface area contributed by atoms with Crippen molar-refractivity contribution in [1.82, 2.24) is 4.72 Å². The second kappa shape index (κ2) is 9.70. The molecule has 0 bridgehead atoms. The third kappa shape index (κ3) is 7.52. The first-order valence-corrected chi connectivity index (χ1v) is 11.3. The number of benzene rings is 2. The fourth-order valence-corrected chi connectivity index (χ4v) is 3.75. The highest BCUT2D eigenvalue weighted by atomic mass is 32.2. The van der Waals surface area contributed by atoms with Crippen LogP contribution in [0.3, 0.4) is 0 Å². The summed E-state index contributed by atoms with van der Waals surface area (Å²) >= 11 is 0. The van der Waals surface area contributed by atoms with Gasteiger partial charge in [-0.25, -0.2) is 17.9 Å². The summed E-state index contributed by atoms with van der Waals surface area (Å²) in [6, 6.07) is 5.87. The van der Waals surface area contributed by atoms with Crippen LogP contribution in [-0.4, -0.2) is 33.8 Å². The molecular formula is C20H19F6N3O4S. The monoisotopic (exact) mass is 511 g/mol. The maximum atomic E-state index is 12.9. The predicted octanol–water partition coefficient (Wildman–Crippen LogP) is 4.98. The van der Waals surface area contributed by atoms with Crippen molar-refractivity contribution >= 4 is 27.4 Å². The summed E-state index contributed by atoms with van der Waals surface area (Å²) in [6.45, 7) is -1.53. The minimum atomic E-state index is -4.79. The topological polar surface area (TPSA) is 96.5 Å². The lowest BCUT2D eigenvalue weighted by Gasteiger charge is -2.16. The first-order chi connectivity index (χ1) is 15.7. The summed E-state index contributed by atoms with van der Waals surface area (Å²) in [5.41, 5.74) is -1.38. The molecule has 14 heteroatoms. The molecule has 0 saturated heterocycles. The Labute approximate surface area is 190 Å². The molecule has 2 amide bonds. The Morgan fingerprint density at radius 1 is 1.00 bits per heavy atom. The lowest BCUT2D eigenvalue weighted by atomic mass is 10.2. The molecule has 186 valence electrons. The van der Waals surface area contributed by atoms with E-state index in [0.717, 1.165) is 37.1 Å². The molecule has 2 aromatic carbocycles. The van der Waals surface area contributed by atoms with E-state index in [9.17, 15) is 39.6 Å². The van der Waals surface area contributed by atoms with E-state index in [1.165, 1.54) is 16.9 Å². The number of rotatable bonds is 8. The Balaban J connectivity index is 1.81. The van der Waals surface area contributed by atoms with E-state index >= 15 is 0 Å². The molecule has 7 nitrogen and oxygen atoms in total. The number of sulfonamides is 1. The number of alkyl halides is 6. The molecule has 3 rings (SSSR count). The van der Waals surface area contributed by atoms with Crippen LogP contribution >= 0.6 is 0 Å². The molecular weight excluding hydrogens is 492 g/mol. The second-order valence-corrected chi connectivity index (χ2v) is 9.28. The number of ether oxygens (including phenoxy) is 1. The van der Waals surface area contributed by atoms with Crippen LogP contribution in [0, 0.1) is 5.92 Å². The molecule has 0 aromatic heterocycles. The molecule has 1 fully saturated rings. The van der Waals surface area contributed by atoms with E-state index in [1.54, 1.807) is 0 Å². The van der Waals surface area contributed by atoms with Gasteiger partial charge in [-0.2, -0.15) is 26.3 Å². The van der Waals surface area contributed by atoms with Gasteiger partial charge in [0, 0.05) is 5.69 Å². The molecule has 1 saturated carbocycles. The molecule has 34 heavy (non-hydrogen) atoms. The third-order valence-corrected chi connectivity index (χ3v) is 5.99. The molecule has 0 atom stereocenters. The van der Waals surface area contributed by atoms with Crippen molar-refractivity contribution in [1.29, 1.82) is 0 Å². The van der Waals surface area contributed by atoms with Crippen LogP contribution in [0.4, 0.5) is 42.5 Å². The smallest absolute Gasteiger partial charge is 0.416 e. The van der Waals surface area contributed by atoms with Gasteiger partial charge < -0.3 is 15.4 Å². The number of hydrogen-bond donors (Lipinski definition) is 3. The van der Waals surface area contributed by atoms with Crippen molar-refractivity contribution < 1.29 is 44.3 Å². The number of urea groups is 1. The molecule has 0 radical (unpaired) electrons. The Morgan fingerprint density at radius 2 is 1.71 bits per heavy atom. The SMILES string of the molecule is O=C(Nc1cccc(C(F)(F)F)c1)Nc1cc(S(=O)(=O)NCC(F)(F)F)ccc1OCC1CC1. The molecule has 0 heterocycles. The molecule has 2 aromatic rings. The number of nitrogens with one attached hydrogen (secondary N) is 3. The number of carbonyl (C=O) groups is 1. The maximum Gasteiger partial charge on any atom is 0.416 e. The van der Waals surface area contributed by atoms with Crippen LogP contribution in [0.2, 0.25) is 0 Å². The van der Waals surface area contributed by atoms with Gasteiger partial charge in [-0.3, -0.25) is 0 Å². The highest BCUT2D eigenvalue weighted by molar-refractivity contribution is 7.89. The quantitative estimate of drug-likeness (QED) is 0.436. The molecule has 1 aliphatic carbocycles. The van der Waals surface area contributed by atoms with Crippen molar-refractivity contribution in [3.8, 4) is 5.75 Å². The number of carbonyl (C=O) groups excluding carboxylic acids is 1. The summed E-state index contributed by atoms with van der Waals surface area (Å²) in [5.74, 6) is 0.324. The summed E-state index contributed by atoms with van der Waals surface area (Å²) in [4.78, 5) is 11.8. The largest absolute Gasteiger partial charge is 0.491 e. The van der Waals surface area contributed by atoms with Gasteiger partial charge >= 0.3 is 18.4 Å². The van der Waals surface area contributed by atoms with Gasteiger partial charge in [0.1, 0.15) is 12.3 Å². The van der Waals surface area contributed by atoms with Crippen LogP contribution in [0.5, 0.6) is 5.75 Å². The van der Waals surface area contributed by atoms with Crippen LogP contribution in [-0.2, 0) is 16.2 Å². The van der Waals surface area contributed by atoms with Crippen molar-refractivity contribution in [3.63, 3.8) is 0 Å². The number of amides is 2. The fourth-order valence-electron chi connectivity index (χ4n) is 2.71. The average Bonchev–Trinajstić information content (AvgIpc) is 3.55. The van der Waals surface area contributed by atoms with E-state index in [4.69, 9.17) is 4.74 Å². The lowest BCUT2D eigenvalue weighted by Crippen LogP contribution is -2.33. The van der Waals surface area contributed by atoms with E-state index in [2.05, 4.69) is 10.6 Å². The standard InChI is InChI=1S/C20H19F6N3O4S/c21-19(22,23)11-27-34(31,32)15-6-7-17(33-10-12-4-5-12)16(9-15)29-18(30)28-14-3-1-2-13(8-14)20(24,25)26/h1-3,6-9,12,27H,4-5,10-11H2,(H2,28,29,30). The van der Waals surface area contributed by atoms with Crippen LogP contribution in [0.25, 0.3) is 0 Å². The number of halogens is 6. The predicted molar refractivity (Wildman–Crippen MR) is 110 cm³/mol. The normalized spacial score (nSPS) is 14.5. The van der Waals surface area contributed by atoms with E-state index < -0.39 is 45.4 Å². The number of anilines is 2. The van der Waals surface area contributed by atoms with Gasteiger partial charge in [0.15, 0.2) is 0 Å². The van der Waals surface area contributed by atoms with Gasteiger partial charge in [-0.05, 0) is 55.2 Å². The highest BCUT2D eigenvalue weighted by Gasteiger charge is 2.31. The lowest BCUT2D eigenvalue weighted by molar-refractivity contribution is -0.137. The van der Waals surface area contributed by atoms with Gasteiger partial charge in [-0.15, -0.1) is 0 Å². The molecule has 0 unspecified atom stereocenters. The zero-order valence-electron chi connectivity index (χ0n) is 17.3. The van der Waals surface area contributed by atoms with Gasteiger partial charge in [0.2, 0.25) is 10.0 Å². The first-order valence-electron chi connectivity index (χ1n) is 9.81. The summed E-state index contributed by atoms with van der Waals surface area (Å²) in [6.07, 6.45) is -7.57. The van der Waals surface area contributed by atoms with Gasteiger partial charge in [0.25, 0.3) is 0 Å². The summed E-state index contributed by atoms with van der Waals surface area (Å²) in [7, 11) is -4.59. The summed E-state index contributed by atoms with van der Waals surface area (Å²) < 4.78 is 107. The number of hydrogen-bond acceptors (Lipinski definition) is 4. The Hall–Kier alpha value is -3.00. The second-order valence-electron chi connectivity index (χ2n) is 7.51. The van der Waals surface area contributed by atoms with E-state index in [-0.39, 0.29) is 29.6 Å². The minimum Gasteiger partial charge on any atom is -0.491 e. The van der Waals surface area contributed by atoms with Crippen LogP contribution < -0.4 is 20.1 Å². The van der Waals surface area contributed by atoms with Crippen molar-refractivity contribution in [2.45, 2.75) is 30.1 Å². The zero-order chi connectivity index (χ0) is 25.1. The molecule has 0 aliphatic heterocycles. The molecule has 1 aliphatic rings. The van der Waals surface area contributed by atoms with Crippen molar-refractivity contribution in [2.75, 3.05) is 23.8 Å². The Kier molecular flexibility index (Phi) is 7.31. The highest BCUT2D eigenvalue weighted by Crippen LogP contribution is 2.34. The fraction of sp³-hybridized carbons (Fsp3) is 0.350. The van der Waals surface area contributed by atoms with Crippen LogP contribution in [0.1, 0.15) is 18.4 Å². The zero-order valence-corrected chi connectivity index (χ0v) is 18.1. The Bertz CT molecular complexity index is 1150. The van der Waals surface area contributed by atoms with Crippen molar-refractivity contribution in [2.24, 2.45) is 5.92 Å². The van der Waals surface area contributed by atoms with Gasteiger partial charge in [-0.1, -0.05) is 6.07 Å². The Morgan fingerprint density at radius 3 is 2.32 bits per heavy atom. The van der Waals surface area contributed by atoms with Crippen LogP contribution in [0.15, 0.2) is 47.4 Å². The van der Waals surface area contributed by atoms with Gasteiger partial charge in [0.05, 0.1) is 22.8 Å².